The third-order valence-electron chi connectivity index (χ3n) is 10.3. The van der Waals surface area contributed by atoms with Crippen LogP contribution in [0.5, 0.6) is 5.75 Å². The molecule has 0 saturated carbocycles. The highest BCUT2D eigenvalue weighted by atomic mass is 79.9. The van der Waals surface area contributed by atoms with E-state index < -0.39 is 51.4 Å². The number of nitrogens with one attached hydrogen (secondary N) is 4. The molecule has 320 valence electrons. The van der Waals surface area contributed by atoms with E-state index in [1.165, 1.54) is 28.7 Å². The number of carbonyl (C=O) groups excluding carboxylic acids is 6. The number of piperidine rings is 2. The summed E-state index contributed by atoms with van der Waals surface area (Å²) in [5.41, 5.74) is 5.34. The van der Waals surface area contributed by atoms with E-state index in [9.17, 15) is 41.6 Å². The summed E-state index contributed by atoms with van der Waals surface area (Å²) >= 11 is 3.35. The summed E-state index contributed by atoms with van der Waals surface area (Å²) in [7, 11) is -3.67. The monoisotopic (exact) mass is 914 g/mol. The van der Waals surface area contributed by atoms with Crippen LogP contribution in [0.1, 0.15) is 70.1 Å². The zero-order valence-electron chi connectivity index (χ0n) is 32.5. The molecule has 1 unspecified atom stereocenters. The third kappa shape index (κ3) is 10.2. The second-order valence-corrected chi connectivity index (χ2v) is 17.1. The minimum absolute atomic E-state index is 0.00909. The number of imide groups is 2. The molecule has 4 heterocycles. The molecule has 6 rings (SSSR count). The Hall–Kier alpha value is -5.58. The molecule has 22 heteroatoms. The molecule has 3 aliphatic heterocycles. The molecule has 0 radical (unpaired) electrons. The van der Waals surface area contributed by atoms with E-state index in [2.05, 4.69) is 47.2 Å². The van der Waals surface area contributed by atoms with Gasteiger partial charge in [-0.05, 0) is 66.0 Å². The lowest BCUT2D eigenvalue weighted by Crippen LogP contribution is -2.54. The van der Waals surface area contributed by atoms with Crippen LogP contribution in [0.15, 0.2) is 47.1 Å². The number of hydrogen-bond acceptors (Lipinski definition) is 14. The zero-order chi connectivity index (χ0) is 43.1. The molecule has 0 aliphatic carbocycles. The number of amides is 6. The maximum atomic E-state index is 14.3. The fourth-order valence-electron chi connectivity index (χ4n) is 7.11. The number of sulfonamides is 1. The highest BCUT2D eigenvalue weighted by Gasteiger charge is 2.46. The number of rotatable bonds is 18. The molecule has 6 N–H and O–H groups in total. The van der Waals surface area contributed by atoms with Crippen molar-refractivity contribution in [2.75, 3.05) is 62.3 Å². The fourth-order valence-corrected chi connectivity index (χ4v) is 8.78. The Morgan fingerprint density at radius 3 is 2.53 bits per heavy atom. The van der Waals surface area contributed by atoms with Gasteiger partial charge in [0.15, 0.2) is 0 Å². The van der Waals surface area contributed by atoms with Crippen LogP contribution >= 0.6 is 15.9 Å². The summed E-state index contributed by atoms with van der Waals surface area (Å²) < 4.78 is 48.3. The number of carbonyl (C=O) groups is 6. The van der Waals surface area contributed by atoms with E-state index in [1.54, 1.807) is 12.1 Å². The number of nitrogens with zero attached hydrogens (tertiary/aromatic N) is 5. The average Bonchev–Trinajstić information content (AvgIpc) is 3.46. The molecular formula is C38H44BrFN10O9S. The van der Waals surface area contributed by atoms with E-state index in [0.29, 0.717) is 36.9 Å². The molecule has 0 spiro atoms. The Morgan fingerprint density at radius 2 is 1.82 bits per heavy atom. The first kappa shape index (κ1) is 44.0. The van der Waals surface area contributed by atoms with Crippen molar-refractivity contribution in [2.45, 2.75) is 51.1 Å². The minimum Gasteiger partial charge on any atom is -0.491 e. The summed E-state index contributed by atoms with van der Waals surface area (Å²) in [5.74, 6) is -4.11. The number of aromatic nitrogens is 2. The zero-order valence-corrected chi connectivity index (χ0v) is 34.9. The normalized spacial score (nSPS) is 17.4. The van der Waals surface area contributed by atoms with Gasteiger partial charge in [0, 0.05) is 57.8 Å². The first-order valence-corrected chi connectivity index (χ1v) is 21.7. The molecule has 0 bridgehead atoms. The van der Waals surface area contributed by atoms with E-state index in [-0.39, 0.29) is 103 Å². The van der Waals surface area contributed by atoms with Crippen molar-refractivity contribution >= 4 is 78.8 Å². The molecule has 2 aromatic carbocycles. The van der Waals surface area contributed by atoms with E-state index in [0.717, 1.165) is 11.0 Å². The van der Waals surface area contributed by atoms with Crippen LogP contribution < -0.4 is 31.7 Å². The number of benzene rings is 2. The number of anilines is 3. The van der Waals surface area contributed by atoms with E-state index in [4.69, 9.17) is 10.5 Å². The van der Waals surface area contributed by atoms with Gasteiger partial charge in [0.1, 0.15) is 30.0 Å². The molecule has 2 fully saturated rings. The third-order valence-corrected chi connectivity index (χ3v) is 12.8. The van der Waals surface area contributed by atoms with Crippen LogP contribution in [0.2, 0.25) is 0 Å². The number of primary amides is 1. The van der Waals surface area contributed by atoms with Gasteiger partial charge in [-0.25, -0.2) is 22.1 Å². The second kappa shape index (κ2) is 19.2. The molecule has 19 nitrogen and oxygen atoms in total. The van der Waals surface area contributed by atoms with Crippen LogP contribution in [0.3, 0.4) is 0 Å². The SMILES string of the molecule is CCN(CCOc1cccc2c1C(=O)N(C1CCC(=O)NC1=O)C2=O)CCC(=O)NCCS(=O)(=O)N1CCC(Nc2ncc(Br)c(Nc3cccc(F)c3C(N)=O)n2)CC1. The molecule has 1 atom stereocenters. The van der Waals surface area contributed by atoms with Crippen molar-refractivity contribution in [3.8, 4) is 5.75 Å². The van der Waals surface area contributed by atoms with Gasteiger partial charge in [-0.1, -0.05) is 19.1 Å². The number of ether oxygens (including phenoxy) is 1. The standard InChI is InChI=1S/C38H44BrFN10O9S/c1-2-48(18-19-59-28-8-3-5-23-31(28)37(56)50(36(23)55)27-9-10-30(52)46-35(27)54)15-13-29(51)42-14-20-60(57,58)49-16-11-22(12-17-49)44-38-43-21-24(39)34(47-38)45-26-7-4-6-25(40)32(26)33(41)53/h3-8,21-22,27H,2,9-20H2,1H3,(H2,41,53)(H,42,51)(H,46,52,54)(H2,43,44,45,47). The fraction of sp³-hybridized carbons (Fsp3) is 0.421. The quantitative estimate of drug-likeness (QED) is 0.114. The number of fused-ring (bicyclic) bond motifs is 1. The molecule has 1 aromatic heterocycles. The number of likely N-dealkylation sites (N-methyl/N-ethyl adjacent to an activating group) is 1. The van der Waals surface area contributed by atoms with Crippen molar-refractivity contribution in [1.29, 1.82) is 0 Å². The smallest absolute Gasteiger partial charge is 0.266 e. The van der Waals surface area contributed by atoms with Crippen LogP contribution in [0, 0.1) is 5.82 Å². The predicted molar refractivity (Wildman–Crippen MR) is 218 cm³/mol. The van der Waals surface area contributed by atoms with Crippen LogP contribution in [-0.2, 0) is 24.4 Å². The molecular weight excluding hydrogens is 871 g/mol. The van der Waals surface area contributed by atoms with Crippen molar-refractivity contribution in [2.24, 2.45) is 5.73 Å². The van der Waals surface area contributed by atoms with Gasteiger partial charge < -0.3 is 26.4 Å². The van der Waals surface area contributed by atoms with E-state index >= 15 is 0 Å². The summed E-state index contributed by atoms with van der Waals surface area (Å²) in [6, 6.07) is 7.42. The maximum absolute atomic E-state index is 14.3. The molecule has 60 heavy (non-hydrogen) atoms. The predicted octanol–water partition coefficient (Wildman–Crippen LogP) is 1.74. The van der Waals surface area contributed by atoms with Gasteiger partial charge in [0.05, 0.1) is 32.6 Å². The lowest BCUT2D eigenvalue weighted by molar-refractivity contribution is -0.136. The Bertz CT molecular complexity index is 2290. The summed E-state index contributed by atoms with van der Waals surface area (Å²) in [4.78, 5) is 86.5. The van der Waals surface area contributed by atoms with Crippen molar-refractivity contribution in [3.05, 3.63) is 69.6 Å². The second-order valence-electron chi connectivity index (χ2n) is 14.2. The van der Waals surface area contributed by atoms with Crippen molar-refractivity contribution in [3.63, 3.8) is 0 Å². The van der Waals surface area contributed by atoms with Crippen LogP contribution in [-0.4, -0.2) is 132 Å². The Morgan fingerprint density at radius 1 is 1.07 bits per heavy atom. The number of halogens is 2. The summed E-state index contributed by atoms with van der Waals surface area (Å²) in [6.07, 6.45) is 2.55. The Balaban J connectivity index is 0.907. The lowest BCUT2D eigenvalue weighted by atomic mass is 10.0. The van der Waals surface area contributed by atoms with Gasteiger partial charge in [0.2, 0.25) is 33.7 Å². The van der Waals surface area contributed by atoms with E-state index in [1.807, 2.05) is 11.8 Å². The largest absolute Gasteiger partial charge is 0.491 e. The molecule has 2 saturated heterocycles. The van der Waals surface area contributed by atoms with Crippen LogP contribution in [0.25, 0.3) is 0 Å². The molecule has 3 aromatic rings. The first-order valence-electron chi connectivity index (χ1n) is 19.3. The molecule has 3 aliphatic rings. The summed E-state index contributed by atoms with van der Waals surface area (Å²) in [6.45, 7) is 3.74. The van der Waals surface area contributed by atoms with Gasteiger partial charge in [-0.15, -0.1) is 0 Å². The summed E-state index contributed by atoms with van der Waals surface area (Å²) in [5, 5.41) is 11.0. The van der Waals surface area contributed by atoms with Crippen LogP contribution in [0.4, 0.5) is 21.8 Å². The highest BCUT2D eigenvalue weighted by Crippen LogP contribution is 2.34. The highest BCUT2D eigenvalue weighted by molar-refractivity contribution is 9.10. The van der Waals surface area contributed by atoms with Gasteiger partial charge >= 0.3 is 0 Å². The maximum Gasteiger partial charge on any atom is 0.266 e. The van der Waals surface area contributed by atoms with Crippen molar-refractivity contribution in [1.82, 2.24) is 34.7 Å². The number of nitrogens with two attached hydrogens (primary N) is 1. The Kier molecular flexibility index (Phi) is 14.1. The topological polar surface area (TPSA) is 255 Å². The van der Waals surface area contributed by atoms with Gasteiger partial charge in [0.25, 0.3) is 17.7 Å². The Labute approximate surface area is 353 Å². The number of hydrogen-bond donors (Lipinski definition) is 5. The molecule has 6 amide bonds. The lowest BCUT2D eigenvalue weighted by Gasteiger charge is -2.31. The average molecular weight is 916 g/mol. The van der Waals surface area contributed by atoms with Gasteiger partial charge in [-0.3, -0.25) is 43.9 Å². The minimum atomic E-state index is -3.67. The van der Waals surface area contributed by atoms with Crippen molar-refractivity contribution < 1.29 is 46.3 Å². The van der Waals surface area contributed by atoms with Gasteiger partial charge in [-0.2, -0.15) is 4.98 Å². The first-order chi connectivity index (χ1) is 28.7.